The Labute approximate surface area is 286 Å². The largest absolute Gasteiger partial charge is 0.481 e. The number of aliphatic hydroxyl groups excluding tert-OH is 3. The first-order chi connectivity index (χ1) is 22.4. The predicted molar refractivity (Wildman–Crippen MR) is 178 cm³/mol. The fraction of sp³-hybridized carbons (Fsp3) is 0.895. The number of nitrogens with zero attached hydrogens (tertiary/aromatic N) is 1. The van der Waals surface area contributed by atoms with Crippen molar-refractivity contribution in [3.05, 3.63) is 12.2 Å². The molecule has 1 saturated heterocycles. The second kappa shape index (κ2) is 12.3. The van der Waals surface area contributed by atoms with Gasteiger partial charge in [-0.1, -0.05) is 46.8 Å². The predicted octanol–water partition coefficient (Wildman–Crippen LogP) is 4.94. The summed E-state index contributed by atoms with van der Waals surface area (Å²) in [5, 5.41) is 42.3. The Morgan fingerprint density at radius 3 is 2.23 bits per heavy atom. The van der Waals surface area contributed by atoms with Crippen LogP contribution >= 0.6 is 0 Å². The van der Waals surface area contributed by atoms with Crippen LogP contribution in [0.5, 0.6) is 0 Å². The fourth-order valence-corrected chi connectivity index (χ4v) is 13.3. The quantitative estimate of drug-likeness (QED) is 0.166. The standard InChI is InChI=1S/C38H61NO9/c1-21(2)22-11-16-38(33(44)45)18-17-36(6)23(29(22)38)9-10-26-35(5)14-13-27(34(3,4)25(35)12-15-37(26,36)7)48-28(41)19-39(46-8)32-31(43)30(42)24(40)20-47-32/h22-27,29-32,40,42-43H,1,9-20H2,2-8H3,(H,44,45)/t22-,23?,24+,25?,26?,27-,29?,30-,31?,32+,35-,36+,37+,38-/m0/s1. The summed E-state index contributed by atoms with van der Waals surface area (Å²) in [5.74, 6) is 0.572. The van der Waals surface area contributed by atoms with E-state index in [0.717, 1.165) is 69.8 Å². The average molecular weight is 676 g/mol. The first-order valence-corrected chi connectivity index (χ1v) is 18.4. The van der Waals surface area contributed by atoms with Gasteiger partial charge in [0.25, 0.3) is 0 Å². The van der Waals surface area contributed by atoms with Gasteiger partial charge in [0, 0.05) is 5.41 Å². The Hall–Kier alpha value is -1.56. The molecule has 0 bridgehead atoms. The molecule has 5 unspecified atom stereocenters. The molecule has 0 aromatic rings. The van der Waals surface area contributed by atoms with Gasteiger partial charge >= 0.3 is 11.9 Å². The molecule has 5 saturated carbocycles. The summed E-state index contributed by atoms with van der Waals surface area (Å²) in [6.45, 7) is 18.0. The van der Waals surface area contributed by atoms with E-state index >= 15 is 0 Å². The van der Waals surface area contributed by atoms with Gasteiger partial charge in [-0.05, 0) is 117 Å². The number of rotatable bonds is 7. The third-order valence-electron chi connectivity index (χ3n) is 16.0. The number of allylic oxidation sites excluding steroid dienone is 1. The number of esters is 1. The van der Waals surface area contributed by atoms with Crippen molar-refractivity contribution in [1.29, 1.82) is 0 Å². The van der Waals surface area contributed by atoms with Crippen molar-refractivity contribution in [3.8, 4) is 0 Å². The monoisotopic (exact) mass is 675 g/mol. The van der Waals surface area contributed by atoms with Gasteiger partial charge in [-0.25, -0.2) is 0 Å². The molecular weight excluding hydrogens is 614 g/mol. The third-order valence-corrected chi connectivity index (χ3v) is 16.0. The Morgan fingerprint density at radius 1 is 0.875 bits per heavy atom. The van der Waals surface area contributed by atoms with Crippen LogP contribution in [0.1, 0.15) is 106 Å². The second-order valence-corrected chi connectivity index (χ2v) is 18.0. The highest BCUT2D eigenvalue weighted by Crippen LogP contribution is 2.77. The minimum absolute atomic E-state index is 0.0536. The van der Waals surface area contributed by atoms with Crippen molar-refractivity contribution < 1.29 is 44.3 Å². The van der Waals surface area contributed by atoms with Crippen LogP contribution in [0.25, 0.3) is 0 Å². The Morgan fingerprint density at radius 2 is 1.58 bits per heavy atom. The van der Waals surface area contributed by atoms with Crippen LogP contribution in [-0.2, 0) is 23.9 Å². The molecule has 5 aliphatic carbocycles. The molecule has 48 heavy (non-hydrogen) atoms. The molecule has 1 heterocycles. The molecule has 0 spiro atoms. The van der Waals surface area contributed by atoms with Crippen LogP contribution in [0.2, 0.25) is 0 Å². The second-order valence-electron chi connectivity index (χ2n) is 18.0. The highest BCUT2D eigenvalue weighted by Gasteiger charge is 2.72. The van der Waals surface area contributed by atoms with E-state index in [9.17, 15) is 30.0 Å². The van der Waals surface area contributed by atoms with Gasteiger partial charge in [0.2, 0.25) is 0 Å². The van der Waals surface area contributed by atoms with Gasteiger partial charge in [-0.15, -0.1) is 5.06 Å². The van der Waals surface area contributed by atoms with Crippen LogP contribution in [0.4, 0.5) is 0 Å². The van der Waals surface area contributed by atoms with Gasteiger partial charge in [-0.2, -0.15) is 0 Å². The zero-order valence-electron chi connectivity index (χ0n) is 30.2. The molecule has 0 radical (unpaired) electrons. The summed E-state index contributed by atoms with van der Waals surface area (Å²) in [6, 6.07) is 0. The molecule has 10 heteroatoms. The molecular formula is C38H61NO9. The van der Waals surface area contributed by atoms with Gasteiger partial charge in [0.05, 0.1) is 19.1 Å². The summed E-state index contributed by atoms with van der Waals surface area (Å²) in [4.78, 5) is 31.7. The van der Waals surface area contributed by atoms with Gasteiger partial charge in [0.15, 0.2) is 6.23 Å². The number of hydroxylamine groups is 2. The maximum absolute atomic E-state index is 13.4. The van der Waals surface area contributed by atoms with E-state index in [4.69, 9.17) is 14.3 Å². The molecule has 0 aromatic heterocycles. The maximum Gasteiger partial charge on any atom is 0.323 e. The number of hydrogen-bond acceptors (Lipinski definition) is 9. The zero-order valence-corrected chi connectivity index (χ0v) is 30.2. The number of aliphatic hydroxyl groups is 3. The molecule has 272 valence electrons. The van der Waals surface area contributed by atoms with Crippen molar-refractivity contribution in [3.63, 3.8) is 0 Å². The van der Waals surface area contributed by atoms with Crippen LogP contribution in [0, 0.1) is 56.7 Å². The minimum atomic E-state index is -1.45. The van der Waals surface area contributed by atoms with E-state index in [1.54, 1.807) is 0 Å². The smallest absolute Gasteiger partial charge is 0.323 e. The van der Waals surface area contributed by atoms with E-state index in [-0.39, 0.29) is 52.8 Å². The zero-order chi connectivity index (χ0) is 35.2. The first kappa shape index (κ1) is 36.2. The normalized spacial score (nSPS) is 49.6. The molecule has 0 amide bonds. The van der Waals surface area contributed by atoms with Crippen molar-refractivity contribution in [2.24, 2.45) is 56.7 Å². The number of fused-ring (bicyclic) bond motifs is 7. The summed E-state index contributed by atoms with van der Waals surface area (Å²) in [6.07, 6.45) is 3.94. The Kier molecular flexibility index (Phi) is 9.28. The molecule has 6 rings (SSSR count). The fourth-order valence-electron chi connectivity index (χ4n) is 13.3. The molecule has 10 nitrogen and oxygen atoms in total. The number of carboxylic acids is 1. The molecule has 4 N–H and O–H groups in total. The van der Waals surface area contributed by atoms with E-state index in [2.05, 4.69) is 48.1 Å². The number of hydrogen-bond donors (Lipinski definition) is 4. The van der Waals surface area contributed by atoms with Crippen LogP contribution in [0.3, 0.4) is 0 Å². The lowest BCUT2D eigenvalue weighted by atomic mass is 9.32. The van der Waals surface area contributed by atoms with Crippen molar-refractivity contribution in [2.75, 3.05) is 20.3 Å². The topological polar surface area (TPSA) is 146 Å². The van der Waals surface area contributed by atoms with Gasteiger partial charge in [-0.3, -0.25) is 14.4 Å². The van der Waals surface area contributed by atoms with Crippen LogP contribution in [0.15, 0.2) is 12.2 Å². The Balaban J connectivity index is 1.20. The molecule has 0 aromatic carbocycles. The van der Waals surface area contributed by atoms with E-state index in [0.29, 0.717) is 17.8 Å². The molecule has 14 atom stereocenters. The highest BCUT2D eigenvalue weighted by molar-refractivity contribution is 5.76. The van der Waals surface area contributed by atoms with Crippen molar-refractivity contribution >= 4 is 11.9 Å². The minimum Gasteiger partial charge on any atom is -0.481 e. The van der Waals surface area contributed by atoms with E-state index in [1.807, 2.05) is 0 Å². The van der Waals surface area contributed by atoms with Crippen molar-refractivity contribution in [2.45, 2.75) is 136 Å². The van der Waals surface area contributed by atoms with Crippen LogP contribution < -0.4 is 0 Å². The lowest BCUT2D eigenvalue weighted by Crippen LogP contribution is -2.67. The number of carboxylic acid groups (broad SMARTS) is 1. The van der Waals surface area contributed by atoms with Crippen molar-refractivity contribution in [1.82, 2.24) is 5.06 Å². The van der Waals surface area contributed by atoms with E-state index < -0.39 is 41.9 Å². The summed E-state index contributed by atoms with van der Waals surface area (Å²) in [5.41, 5.74) is 0.458. The van der Waals surface area contributed by atoms with Gasteiger partial charge < -0.3 is 29.9 Å². The number of carbonyl (C=O) groups excluding carboxylic acids is 1. The average Bonchev–Trinajstić information content (AvgIpc) is 3.42. The Bertz CT molecular complexity index is 1290. The summed E-state index contributed by atoms with van der Waals surface area (Å²) < 4.78 is 11.7. The van der Waals surface area contributed by atoms with E-state index in [1.165, 1.54) is 12.2 Å². The number of carbonyl (C=O) groups is 2. The van der Waals surface area contributed by atoms with Crippen LogP contribution in [-0.4, -0.2) is 88.3 Å². The highest BCUT2D eigenvalue weighted by atomic mass is 16.7. The molecule has 1 aliphatic heterocycles. The molecule has 6 aliphatic rings. The summed E-state index contributed by atoms with van der Waals surface area (Å²) >= 11 is 0. The lowest BCUT2D eigenvalue weighted by Gasteiger charge is -2.72. The first-order valence-electron chi connectivity index (χ1n) is 18.4. The number of aliphatic carboxylic acids is 1. The summed E-state index contributed by atoms with van der Waals surface area (Å²) in [7, 11) is 1.37. The molecule has 6 fully saturated rings. The van der Waals surface area contributed by atoms with Gasteiger partial charge in [0.1, 0.15) is 31.0 Å². The third kappa shape index (κ3) is 5.08. The lowest BCUT2D eigenvalue weighted by molar-refractivity contribution is -0.305. The SMILES string of the molecule is C=C(C)[C@@H]1CC[C@]2(C(=O)O)CC[C@]3(C)C(CCC4[C@@]5(C)CC[C@H](OC(=O)CN(OC)[C@@H]6OC[C@@H](O)[C@H](O)C6O)C(C)(C)C5CC[C@]43C)C12. The number of ether oxygens (including phenoxy) is 2. The maximum atomic E-state index is 13.4.